The first-order valence-electron chi connectivity index (χ1n) is 5.35. The zero-order valence-corrected chi connectivity index (χ0v) is 8.95. The first kappa shape index (κ1) is 10.4. The number of hydrogen-bond acceptors (Lipinski definition) is 3. The van der Waals surface area contributed by atoms with Crippen LogP contribution in [0.25, 0.3) is 0 Å². The maximum absolute atomic E-state index is 11.7. The molecule has 5 heteroatoms. The summed E-state index contributed by atoms with van der Waals surface area (Å²) in [7, 11) is 1.63. The van der Waals surface area contributed by atoms with Crippen LogP contribution < -0.4 is 11.1 Å². The van der Waals surface area contributed by atoms with Crippen LogP contribution in [0.2, 0.25) is 0 Å². The summed E-state index contributed by atoms with van der Waals surface area (Å²) in [6.07, 6.45) is 3.59. The topological polar surface area (TPSA) is 75.4 Å². The lowest BCUT2D eigenvalue weighted by Crippen LogP contribution is -2.47. The highest BCUT2D eigenvalue weighted by atomic mass is 16.2. The van der Waals surface area contributed by atoms with Crippen molar-refractivity contribution in [1.82, 2.24) is 10.2 Å². The van der Waals surface area contributed by atoms with Gasteiger partial charge >= 0.3 is 0 Å². The molecular weight excluding hydrogens is 194 g/mol. The van der Waals surface area contributed by atoms with Gasteiger partial charge in [-0.05, 0) is 25.7 Å². The molecule has 0 unspecified atom stereocenters. The lowest BCUT2D eigenvalue weighted by molar-refractivity contribution is -0.136. The van der Waals surface area contributed by atoms with Gasteiger partial charge in [-0.25, -0.2) is 0 Å². The van der Waals surface area contributed by atoms with Gasteiger partial charge in [0.1, 0.15) is 0 Å². The maximum Gasteiger partial charge on any atom is 0.242 e. The molecule has 0 spiro atoms. The second-order valence-electron chi connectivity index (χ2n) is 4.66. The number of carbonyl (C=O) groups is 2. The third kappa shape index (κ3) is 2.47. The fraction of sp³-hybridized carbons (Fsp3) is 0.800. The molecule has 0 bridgehead atoms. The largest absolute Gasteiger partial charge is 0.352 e. The van der Waals surface area contributed by atoms with E-state index < -0.39 is 5.54 Å². The molecule has 0 aromatic rings. The van der Waals surface area contributed by atoms with Crippen LogP contribution in [0.4, 0.5) is 0 Å². The van der Waals surface area contributed by atoms with Crippen molar-refractivity contribution in [3.8, 4) is 0 Å². The van der Waals surface area contributed by atoms with Crippen molar-refractivity contribution in [2.45, 2.75) is 37.3 Å². The van der Waals surface area contributed by atoms with Crippen molar-refractivity contribution >= 4 is 11.8 Å². The molecule has 2 aliphatic rings. The summed E-state index contributed by atoms with van der Waals surface area (Å²) in [5.41, 5.74) is 5.09. The van der Waals surface area contributed by atoms with E-state index in [0.717, 1.165) is 25.7 Å². The SMILES string of the molecule is CN(CC(=O)NC1CC1)C(=O)C1(N)CC1. The molecule has 3 N–H and O–H groups in total. The highest BCUT2D eigenvalue weighted by Gasteiger charge is 2.47. The van der Waals surface area contributed by atoms with E-state index in [-0.39, 0.29) is 18.4 Å². The maximum atomic E-state index is 11.7. The van der Waals surface area contributed by atoms with E-state index in [9.17, 15) is 9.59 Å². The summed E-state index contributed by atoms with van der Waals surface area (Å²) >= 11 is 0. The average molecular weight is 211 g/mol. The first-order valence-corrected chi connectivity index (χ1v) is 5.35. The van der Waals surface area contributed by atoms with Crippen molar-refractivity contribution in [2.24, 2.45) is 5.73 Å². The zero-order valence-electron chi connectivity index (χ0n) is 8.95. The number of nitrogens with zero attached hydrogens (tertiary/aromatic N) is 1. The van der Waals surface area contributed by atoms with Crippen LogP contribution in [-0.4, -0.2) is 41.9 Å². The summed E-state index contributed by atoms with van der Waals surface area (Å²) in [4.78, 5) is 24.5. The number of carbonyl (C=O) groups excluding carboxylic acids is 2. The molecule has 0 aliphatic heterocycles. The monoisotopic (exact) mass is 211 g/mol. The van der Waals surface area contributed by atoms with E-state index in [1.54, 1.807) is 7.05 Å². The fourth-order valence-corrected chi connectivity index (χ4v) is 1.52. The van der Waals surface area contributed by atoms with Crippen LogP contribution in [0.5, 0.6) is 0 Å². The van der Waals surface area contributed by atoms with Gasteiger partial charge < -0.3 is 16.0 Å². The Morgan fingerprint density at radius 2 is 2.07 bits per heavy atom. The summed E-state index contributed by atoms with van der Waals surface area (Å²) in [5, 5.41) is 2.84. The van der Waals surface area contributed by atoms with Crippen LogP contribution in [0.15, 0.2) is 0 Å². The lowest BCUT2D eigenvalue weighted by Gasteiger charge is -2.20. The van der Waals surface area contributed by atoms with Gasteiger partial charge in [0, 0.05) is 13.1 Å². The van der Waals surface area contributed by atoms with Gasteiger partial charge in [0.15, 0.2) is 0 Å². The minimum absolute atomic E-state index is 0.0856. The Labute approximate surface area is 89.0 Å². The molecule has 2 rings (SSSR count). The molecule has 2 aliphatic carbocycles. The van der Waals surface area contributed by atoms with E-state index in [4.69, 9.17) is 5.73 Å². The van der Waals surface area contributed by atoms with Crippen molar-refractivity contribution < 1.29 is 9.59 Å². The molecule has 2 amide bonds. The Morgan fingerprint density at radius 3 is 2.53 bits per heavy atom. The van der Waals surface area contributed by atoms with Crippen molar-refractivity contribution in [2.75, 3.05) is 13.6 Å². The Kier molecular flexibility index (Phi) is 2.42. The smallest absolute Gasteiger partial charge is 0.242 e. The van der Waals surface area contributed by atoms with Gasteiger partial charge in [-0.1, -0.05) is 0 Å². The lowest BCUT2D eigenvalue weighted by atomic mass is 10.2. The van der Waals surface area contributed by atoms with E-state index in [1.807, 2.05) is 0 Å². The predicted octanol–water partition coefficient (Wildman–Crippen LogP) is -0.785. The summed E-state index contributed by atoms with van der Waals surface area (Å²) in [6.45, 7) is 0.119. The Hall–Kier alpha value is -1.10. The number of nitrogens with two attached hydrogens (primary N) is 1. The third-order valence-corrected chi connectivity index (χ3v) is 2.88. The van der Waals surface area contributed by atoms with Crippen LogP contribution in [0.1, 0.15) is 25.7 Å². The molecule has 0 aromatic carbocycles. The normalized spacial score (nSPS) is 22.0. The second kappa shape index (κ2) is 3.48. The van der Waals surface area contributed by atoms with E-state index in [0.29, 0.717) is 6.04 Å². The van der Waals surface area contributed by atoms with Crippen molar-refractivity contribution in [3.63, 3.8) is 0 Å². The third-order valence-electron chi connectivity index (χ3n) is 2.88. The Morgan fingerprint density at radius 1 is 1.47 bits per heavy atom. The molecule has 0 radical (unpaired) electrons. The van der Waals surface area contributed by atoms with Gasteiger partial charge in [0.05, 0.1) is 12.1 Å². The predicted molar refractivity (Wildman–Crippen MR) is 55.0 cm³/mol. The van der Waals surface area contributed by atoms with E-state index in [1.165, 1.54) is 4.90 Å². The Bertz CT molecular complexity index is 295. The molecule has 0 atom stereocenters. The van der Waals surface area contributed by atoms with Crippen molar-refractivity contribution in [1.29, 1.82) is 0 Å². The number of nitrogens with one attached hydrogen (secondary N) is 1. The highest BCUT2D eigenvalue weighted by molar-refractivity contribution is 5.92. The first-order chi connectivity index (χ1) is 7.01. The molecule has 15 heavy (non-hydrogen) atoms. The highest BCUT2D eigenvalue weighted by Crippen LogP contribution is 2.33. The van der Waals surface area contributed by atoms with Gasteiger partial charge in [-0.15, -0.1) is 0 Å². The number of hydrogen-bond donors (Lipinski definition) is 2. The summed E-state index contributed by atoms with van der Waals surface area (Å²) in [5.74, 6) is -0.203. The van der Waals surface area contributed by atoms with E-state index in [2.05, 4.69) is 5.32 Å². The molecule has 5 nitrogen and oxygen atoms in total. The van der Waals surface area contributed by atoms with Crippen molar-refractivity contribution in [3.05, 3.63) is 0 Å². The van der Waals surface area contributed by atoms with Crippen LogP contribution in [0.3, 0.4) is 0 Å². The molecule has 84 valence electrons. The van der Waals surface area contributed by atoms with Gasteiger partial charge in [0.25, 0.3) is 0 Å². The quantitative estimate of drug-likeness (QED) is 0.640. The van der Waals surface area contributed by atoms with Gasteiger partial charge in [0.2, 0.25) is 11.8 Å². The van der Waals surface area contributed by atoms with Crippen LogP contribution in [-0.2, 0) is 9.59 Å². The van der Waals surface area contributed by atoms with Crippen LogP contribution >= 0.6 is 0 Å². The zero-order chi connectivity index (χ0) is 11.1. The number of amides is 2. The molecule has 2 fully saturated rings. The Balaban J connectivity index is 1.77. The van der Waals surface area contributed by atoms with Gasteiger partial charge in [-0.2, -0.15) is 0 Å². The molecular formula is C10H17N3O2. The van der Waals surface area contributed by atoms with Crippen LogP contribution in [0, 0.1) is 0 Å². The van der Waals surface area contributed by atoms with E-state index >= 15 is 0 Å². The standard InChI is InChI=1S/C10H17N3O2/c1-13(9(15)10(11)4-5-10)6-8(14)12-7-2-3-7/h7H,2-6,11H2,1H3,(H,12,14). The molecule has 0 heterocycles. The van der Waals surface area contributed by atoms with Gasteiger partial charge in [-0.3, -0.25) is 9.59 Å². The average Bonchev–Trinajstić information content (AvgIpc) is 3.03. The number of likely N-dealkylation sites (N-methyl/N-ethyl adjacent to an activating group) is 1. The summed E-state index contributed by atoms with van der Waals surface area (Å²) < 4.78 is 0. The minimum atomic E-state index is -0.672. The minimum Gasteiger partial charge on any atom is -0.352 e. The molecule has 0 aromatic heterocycles. The molecule has 2 saturated carbocycles. The number of rotatable bonds is 4. The fourth-order valence-electron chi connectivity index (χ4n) is 1.52. The molecule has 0 saturated heterocycles. The second-order valence-corrected chi connectivity index (χ2v) is 4.66. The summed E-state index contributed by atoms with van der Waals surface area (Å²) in [6, 6.07) is 0.341.